The molecule has 1 unspecified atom stereocenters. The van der Waals surface area contributed by atoms with E-state index >= 15 is 0 Å². The molecule has 0 aromatic heterocycles. The third kappa shape index (κ3) is 1.36. The van der Waals surface area contributed by atoms with Crippen molar-refractivity contribution >= 4 is 5.78 Å². The number of hydrogen-bond donors (Lipinski definition) is 1. The molecule has 0 spiro atoms. The Morgan fingerprint density at radius 1 is 1.31 bits per heavy atom. The average molecular weight is 216 g/mol. The van der Waals surface area contributed by atoms with Crippen LogP contribution in [0.2, 0.25) is 0 Å². The molecule has 0 heterocycles. The van der Waals surface area contributed by atoms with Crippen LogP contribution in [0, 0.1) is 5.92 Å². The molecule has 1 saturated carbocycles. The van der Waals surface area contributed by atoms with Gasteiger partial charge in [0.2, 0.25) is 0 Å². The van der Waals surface area contributed by atoms with Gasteiger partial charge in [-0.25, -0.2) is 0 Å². The number of benzene rings is 1. The maximum Gasteiger partial charge on any atom is 0.167 e. The van der Waals surface area contributed by atoms with Gasteiger partial charge in [-0.15, -0.1) is 0 Å². The minimum absolute atomic E-state index is 0.109. The quantitative estimate of drug-likeness (QED) is 0.825. The lowest BCUT2D eigenvalue weighted by atomic mass is 9.92. The van der Waals surface area contributed by atoms with Crippen LogP contribution in [0.4, 0.5) is 0 Å². The molecule has 84 valence electrons. The molecule has 2 nitrogen and oxygen atoms in total. The second kappa shape index (κ2) is 3.34. The summed E-state index contributed by atoms with van der Waals surface area (Å²) >= 11 is 0. The van der Waals surface area contributed by atoms with Gasteiger partial charge in [-0.05, 0) is 42.2 Å². The first-order valence-electron chi connectivity index (χ1n) is 6.06. The minimum Gasteiger partial charge on any atom is -0.507 e. The molecule has 0 bridgehead atoms. The normalized spacial score (nSPS) is 20.9. The van der Waals surface area contributed by atoms with E-state index in [-0.39, 0.29) is 11.5 Å². The van der Waals surface area contributed by atoms with Crippen LogP contribution in [-0.2, 0) is 6.42 Å². The van der Waals surface area contributed by atoms with Gasteiger partial charge in [0.25, 0.3) is 0 Å². The summed E-state index contributed by atoms with van der Waals surface area (Å²) in [5, 5.41) is 10.2. The summed E-state index contributed by atoms with van der Waals surface area (Å²) in [6.07, 6.45) is 3.86. The molecule has 0 radical (unpaired) electrons. The van der Waals surface area contributed by atoms with Gasteiger partial charge in [0.15, 0.2) is 5.78 Å². The number of carbonyl (C=O) groups is 1. The zero-order chi connectivity index (χ0) is 11.3. The highest BCUT2D eigenvalue weighted by Crippen LogP contribution is 2.46. The lowest BCUT2D eigenvalue weighted by Gasteiger charge is -2.14. The number of Topliss-reactive ketones (excluding diaryl/α,β-unsaturated/α-hetero) is 1. The first-order valence-corrected chi connectivity index (χ1v) is 6.06. The van der Waals surface area contributed by atoms with Gasteiger partial charge >= 0.3 is 0 Å². The number of aromatic hydroxyl groups is 1. The summed E-state index contributed by atoms with van der Waals surface area (Å²) in [6, 6.07) is 4.03. The Kier molecular flexibility index (Phi) is 2.06. The van der Waals surface area contributed by atoms with E-state index in [1.807, 2.05) is 12.1 Å². The van der Waals surface area contributed by atoms with Crippen molar-refractivity contribution in [3.63, 3.8) is 0 Å². The van der Waals surface area contributed by atoms with Crippen molar-refractivity contribution in [3.05, 3.63) is 28.8 Å². The van der Waals surface area contributed by atoms with Crippen molar-refractivity contribution in [3.8, 4) is 5.75 Å². The van der Waals surface area contributed by atoms with Gasteiger partial charge in [-0.2, -0.15) is 0 Å². The third-order valence-electron chi connectivity index (χ3n) is 4.02. The lowest BCUT2D eigenvalue weighted by Crippen LogP contribution is -2.01. The Morgan fingerprint density at radius 3 is 2.75 bits per heavy atom. The predicted octanol–water partition coefficient (Wildman–Crippen LogP) is 3.03. The van der Waals surface area contributed by atoms with E-state index < -0.39 is 0 Å². The van der Waals surface area contributed by atoms with Gasteiger partial charge in [-0.3, -0.25) is 4.79 Å². The first-order chi connectivity index (χ1) is 7.68. The Bertz CT molecular complexity index is 458. The van der Waals surface area contributed by atoms with Crippen LogP contribution in [-0.4, -0.2) is 10.9 Å². The van der Waals surface area contributed by atoms with Gasteiger partial charge in [-0.1, -0.05) is 19.1 Å². The highest BCUT2D eigenvalue weighted by molar-refractivity contribution is 6.03. The zero-order valence-electron chi connectivity index (χ0n) is 9.49. The fourth-order valence-electron chi connectivity index (χ4n) is 2.76. The molecule has 1 fully saturated rings. The molecule has 3 rings (SSSR count). The Hall–Kier alpha value is -1.31. The maximum absolute atomic E-state index is 11.7. The van der Waals surface area contributed by atoms with E-state index in [0.717, 1.165) is 17.5 Å². The largest absolute Gasteiger partial charge is 0.507 e. The molecule has 0 saturated heterocycles. The summed E-state index contributed by atoms with van der Waals surface area (Å²) in [4.78, 5) is 11.7. The Morgan fingerprint density at radius 2 is 2.06 bits per heavy atom. The summed E-state index contributed by atoms with van der Waals surface area (Å²) in [7, 11) is 0. The molecule has 2 aliphatic rings. The Labute approximate surface area is 95.3 Å². The summed E-state index contributed by atoms with van der Waals surface area (Å²) < 4.78 is 0. The van der Waals surface area contributed by atoms with E-state index in [9.17, 15) is 9.90 Å². The van der Waals surface area contributed by atoms with Gasteiger partial charge < -0.3 is 5.11 Å². The van der Waals surface area contributed by atoms with Gasteiger partial charge in [0.05, 0.1) is 5.56 Å². The van der Waals surface area contributed by atoms with Crippen molar-refractivity contribution in [1.29, 1.82) is 0 Å². The molecule has 1 aromatic carbocycles. The average Bonchev–Trinajstić information content (AvgIpc) is 3.04. The standard InChI is InChI=1S/C14H16O2/c1-8(9-2-3-9)11-6-4-10-5-7-12(15)13(10)14(11)16/h4,6,8-9,16H,2-3,5,7H2,1H3. The number of phenols is 1. The van der Waals surface area contributed by atoms with Crippen molar-refractivity contribution in [2.24, 2.45) is 5.92 Å². The van der Waals surface area contributed by atoms with Crippen molar-refractivity contribution < 1.29 is 9.90 Å². The number of carbonyl (C=O) groups excluding carboxylic acids is 1. The number of ketones is 1. The number of phenolic OH excluding ortho intramolecular Hbond substituents is 1. The smallest absolute Gasteiger partial charge is 0.167 e. The molecule has 1 N–H and O–H groups in total. The molecule has 1 atom stereocenters. The SMILES string of the molecule is CC(c1ccc2c(c1O)C(=O)CC2)C1CC1. The van der Waals surface area contributed by atoms with Crippen LogP contribution in [0.25, 0.3) is 0 Å². The highest BCUT2D eigenvalue weighted by atomic mass is 16.3. The van der Waals surface area contributed by atoms with Crippen LogP contribution in [0.15, 0.2) is 12.1 Å². The summed E-state index contributed by atoms with van der Waals surface area (Å²) in [5.74, 6) is 1.47. The molecule has 16 heavy (non-hydrogen) atoms. The number of hydrogen-bond acceptors (Lipinski definition) is 2. The minimum atomic E-state index is 0.109. The van der Waals surface area contributed by atoms with Crippen molar-refractivity contribution in [2.75, 3.05) is 0 Å². The van der Waals surface area contributed by atoms with Crippen LogP contribution in [0.1, 0.15) is 53.6 Å². The third-order valence-corrected chi connectivity index (χ3v) is 4.02. The summed E-state index contributed by atoms with van der Waals surface area (Å²) in [6.45, 7) is 2.15. The van der Waals surface area contributed by atoms with Crippen molar-refractivity contribution in [2.45, 2.75) is 38.5 Å². The van der Waals surface area contributed by atoms with E-state index in [4.69, 9.17) is 0 Å². The fraction of sp³-hybridized carbons (Fsp3) is 0.500. The second-order valence-corrected chi connectivity index (χ2v) is 5.09. The van der Waals surface area contributed by atoms with Crippen LogP contribution < -0.4 is 0 Å². The number of aryl methyl sites for hydroxylation is 1. The topological polar surface area (TPSA) is 37.3 Å². The van der Waals surface area contributed by atoms with E-state index in [0.29, 0.717) is 23.8 Å². The zero-order valence-corrected chi connectivity index (χ0v) is 9.49. The molecule has 0 amide bonds. The van der Waals surface area contributed by atoms with Gasteiger partial charge in [0.1, 0.15) is 5.75 Å². The predicted molar refractivity (Wildman–Crippen MR) is 61.9 cm³/mol. The highest BCUT2D eigenvalue weighted by Gasteiger charge is 2.33. The molecule has 0 aliphatic heterocycles. The molecular formula is C14H16O2. The number of rotatable bonds is 2. The number of fused-ring (bicyclic) bond motifs is 1. The van der Waals surface area contributed by atoms with Crippen LogP contribution in [0.3, 0.4) is 0 Å². The van der Waals surface area contributed by atoms with Crippen LogP contribution >= 0.6 is 0 Å². The maximum atomic E-state index is 11.7. The molecule has 2 heteroatoms. The first kappa shape index (κ1) is 9.88. The molecule has 2 aliphatic carbocycles. The van der Waals surface area contributed by atoms with Crippen LogP contribution in [0.5, 0.6) is 5.75 Å². The second-order valence-electron chi connectivity index (χ2n) is 5.09. The monoisotopic (exact) mass is 216 g/mol. The van der Waals surface area contributed by atoms with Crippen molar-refractivity contribution in [1.82, 2.24) is 0 Å². The summed E-state index contributed by atoms with van der Waals surface area (Å²) in [5.41, 5.74) is 2.59. The van der Waals surface area contributed by atoms with E-state index in [2.05, 4.69) is 6.92 Å². The molecular weight excluding hydrogens is 200 g/mol. The lowest BCUT2D eigenvalue weighted by molar-refractivity contribution is 0.0992. The van der Waals surface area contributed by atoms with E-state index in [1.165, 1.54) is 12.8 Å². The fourth-order valence-corrected chi connectivity index (χ4v) is 2.76. The van der Waals surface area contributed by atoms with E-state index in [1.54, 1.807) is 0 Å². The molecule has 1 aromatic rings. The Balaban J connectivity index is 2.07. The van der Waals surface area contributed by atoms with Gasteiger partial charge in [0, 0.05) is 6.42 Å².